The van der Waals surface area contributed by atoms with Gasteiger partial charge in [-0.25, -0.2) is 9.97 Å². The molecule has 1 aromatic carbocycles. The molecule has 3 heterocycles. The Morgan fingerprint density at radius 2 is 1.90 bits per heavy atom. The summed E-state index contributed by atoms with van der Waals surface area (Å²) >= 11 is 0.980. The van der Waals surface area contributed by atoms with Gasteiger partial charge in [0.05, 0.1) is 32.6 Å². The van der Waals surface area contributed by atoms with Gasteiger partial charge >= 0.3 is 6.18 Å². The lowest BCUT2D eigenvalue weighted by Gasteiger charge is -2.25. The van der Waals surface area contributed by atoms with Crippen LogP contribution in [0.1, 0.15) is 12.1 Å². The van der Waals surface area contributed by atoms with E-state index in [1.165, 1.54) is 14.2 Å². The number of carbonyl (C=O) groups excluding carboxylic acids is 1. The molecule has 7 nitrogen and oxygen atoms in total. The molecule has 1 aromatic heterocycles. The van der Waals surface area contributed by atoms with Gasteiger partial charge in [-0.05, 0) is 24.3 Å². The van der Waals surface area contributed by atoms with E-state index in [0.29, 0.717) is 17.1 Å². The van der Waals surface area contributed by atoms with Gasteiger partial charge in [-0.15, -0.1) is 0 Å². The lowest BCUT2D eigenvalue weighted by Crippen LogP contribution is -2.37. The Labute approximate surface area is 173 Å². The van der Waals surface area contributed by atoms with Gasteiger partial charge < -0.3 is 18.9 Å². The number of aromatic nitrogens is 2. The molecule has 4 rings (SSSR count). The van der Waals surface area contributed by atoms with E-state index in [9.17, 15) is 18.0 Å². The van der Waals surface area contributed by atoms with Crippen LogP contribution in [0.2, 0.25) is 0 Å². The smallest absolute Gasteiger partial charge is 0.433 e. The summed E-state index contributed by atoms with van der Waals surface area (Å²) in [7, 11) is 2.89. The van der Waals surface area contributed by atoms with Crippen molar-refractivity contribution in [3.05, 3.63) is 30.0 Å². The van der Waals surface area contributed by atoms with Crippen molar-refractivity contribution in [2.45, 2.75) is 35.4 Å². The fourth-order valence-electron chi connectivity index (χ4n) is 3.23. The molecule has 0 saturated carbocycles. The molecule has 0 N–H and O–H groups in total. The molecule has 2 bridgehead atoms. The van der Waals surface area contributed by atoms with E-state index in [1.54, 1.807) is 18.2 Å². The first-order chi connectivity index (χ1) is 14.3. The van der Waals surface area contributed by atoms with Crippen LogP contribution in [0.25, 0.3) is 11.3 Å². The highest BCUT2D eigenvalue weighted by molar-refractivity contribution is 7.99. The van der Waals surface area contributed by atoms with Gasteiger partial charge in [0.1, 0.15) is 5.69 Å². The second-order valence-electron chi connectivity index (χ2n) is 6.66. The first-order valence-corrected chi connectivity index (χ1v) is 9.81. The SMILES string of the molecule is COc1ccc(-c2cc(C(F)(F)F)nc(S[C@@H]3CC(=O)[C@H]4OC[C@@H]3O4)n2)cc1OC. The molecule has 2 fully saturated rings. The van der Waals surface area contributed by atoms with Gasteiger partial charge in [-0.3, -0.25) is 4.79 Å². The Morgan fingerprint density at radius 1 is 1.13 bits per heavy atom. The fraction of sp³-hybridized carbons (Fsp3) is 0.421. The minimum atomic E-state index is -4.66. The molecule has 2 aliphatic rings. The van der Waals surface area contributed by atoms with Gasteiger partial charge in [0, 0.05) is 17.2 Å². The Bertz CT molecular complexity index is 972. The summed E-state index contributed by atoms with van der Waals surface area (Å²) in [5.74, 6) is 0.555. The first kappa shape index (κ1) is 20.9. The number of nitrogens with zero attached hydrogens (tertiary/aromatic N) is 2. The summed E-state index contributed by atoms with van der Waals surface area (Å²) in [6.45, 7) is 0.204. The summed E-state index contributed by atoms with van der Waals surface area (Å²) < 4.78 is 61.5. The molecular weight excluding hydrogens is 425 g/mol. The standard InChI is InChI=1S/C19H17F3N2O5S/c1-26-12-4-3-9(5-13(12)27-2)10-6-16(19(20,21)22)24-18(23-10)30-15-7-11(25)17-28-8-14(15)29-17/h3-6,14-15,17H,7-8H2,1-2H3/t14-,15+,17-/m0/s1. The number of Topliss-reactive ketones (excluding diaryl/α,β-unsaturated/α-hetero) is 1. The van der Waals surface area contributed by atoms with Crippen LogP contribution in [0.4, 0.5) is 13.2 Å². The maximum atomic E-state index is 13.5. The monoisotopic (exact) mass is 442 g/mol. The lowest BCUT2D eigenvalue weighted by molar-refractivity contribution is -0.151. The number of ketones is 1. The number of fused-ring (bicyclic) bond motifs is 2. The minimum absolute atomic E-state index is 0.0735. The minimum Gasteiger partial charge on any atom is -0.493 e. The van der Waals surface area contributed by atoms with Crippen molar-refractivity contribution < 1.29 is 36.9 Å². The normalized spacial score (nSPS) is 23.5. The van der Waals surface area contributed by atoms with E-state index in [1.807, 2.05) is 0 Å². The van der Waals surface area contributed by atoms with Crippen LogP contribution >= 0.6 is 11.8 Å². The Balaban J connectivity index is 1.70. The molecule has 0 spiro atoms. The third-order valence-electron chi connectivity index (χ3n) is 4.72. The summed E-state index contributed by atoms with van der Waals surface area (Å²) in [6, 6.07) is 5.59. The van der Waals surface area contributed by atoms with Gasteiger partial charge in [0.25, 0.3) is 0 Å². The quantitative estimate of drug-likeness (QED) is 0.653. The number of carbonyl (C=O) groups is 1. The molecule has 2 aromatic rings. The van der Waals surface area contributed by atoms with Crippen molar-refractivity contribution in [3.8, 4) is 22.8 Å². The molecule has 11 heteroatoms. The van der Waals surface area contributed by atoms with Gasteiger partial charge in [0.2, 0.25) is 6.29 Å². The van der Waals surface area contributed by atoms with Crippen molar-refractivity contribution >= 4 is 17.5 Å². The highest BCUT2D eigenvalue weighted by atomic mass is 32.2. The number of thioether (sulfide) groups is 1. The summed E-state index contributed by atoms with van der Waals surface area (Å²) in [5, 5.41) is -0.528. The molecule has 0 amide bonds. The average Bonchev–Trinajstić information content (AvgIpc) is 3.17. The third kappa shape index (κ3) is 4.09. The van der Waals surface area contributed by atoms with E-state index < -0.39 is 29.5 Å². The molecule has 0 unspecified atom stereocenters. The predicted molar refractivity (Wildman–Crippen MR) is 99.5 cm³/mol. The van der Waals surface area contributed by atoms with E-state index in [4.69, 9.17) is 18.9 Å². The summed E-state index contributed by atoms with van der Waals surface area (Å²) in [6.07, 6.45) is -5.83. The molecule has 160 valence electrons. The van der Waals surface area contributed by atoms with Gasteiger partial charge in [-0.1, -0.05) is 11.8 Å². The second kappa shape index (κ2) is 8.05. The summed E-state index contributed by atoms with van der Waals surface area (Å²) in [5.41, 5.74) is -0.597. The number of benzene rings is 1. The zero-order valence-corrected chi connectivity index (χ0v) is 16.7. The number of hydrogen-bond acceptors (Lipinski definition) is 8. The van der Waals surface area contributed by atoms with Crippen molar-refractivity contribution in [2.24, 2.45) is 0 Å². The molecule has 2 aliphatic heterocycles. The van der Waals surface area contributed by atoms with E-state index >= 15 is 0 Å². The van der Waals surface area contributed by atoms with Crippen molar-refractivity contribution in [1.82, 2.24) is 9.97 Å². The van der Waals surface area contributed by atoms with Gasteiger partial charge in [0.15, 0.2) is 22.4 Å². The van der Waals surface area contributed by atoms with Crippen molar-refractivity contribution in [1.29, 1.82) is 0 Å². The zero-order chi connectivity index (χ0) is 21.5. The largest absolute Gasteiger partial charge is 0.493 e. The van der Waals surface area contributed by atoms with Crippen LogP contribution in [-0.2, 0) is 20.4 Å². The third-order valence-corrected chi connectivity index (χ3v) is 5.89. The number of alkyl halides is 3. The Morgan fingerprint density at radius 3 is 2.60 bits per heavy atom. The summed E-state index contributed by atoms with van der Waals surface area (Å²) in [4.78, 5) is 20.0. The van der Waals surface area contributed by atoms with Crippen LogP contribution in [0.5, 0.6) is 11.5 Å². The number of ether oxygens (including phenoxy) is 4. The highest BCUT2D eigenvalue weighted by Gasteiger charge is 2.44. The molecule has 3 atom stereocenters. The maximum absolute atomic E-state index is 13.5. The van der Waals surface area contributed by atoms with E-state index in [2.05, 4.69) is 9.97 Å². The Hall–Kier alpha value is -2.37. The van der Waals surface area contributed by atoms with Crippen LogP contribution in [0.15, 0.2) is 29.4 Å². The maximum Gasteiger partial charge on any atom is 0.433 e. The van der Waals surface area contributed by atoms with Gasteiger partial charge in [-0.2, -0.15) is 13.2 Å². The number of halogens is 3. The highest BCUT2D eigenvalue weighted by Crippen LogP contribution is 2.39. The molecule has 0 radical (unpaired) electrons. The van der Waals surface area contributed by atoms with Crippen LogP contribution < -0.4 is 9.47 Å². The second-order valence-corrected chi connectivity index (χ2v) is 7.86. The fourth-order valence-corrected chi connectivity index (χ4v) is 4.34. The van der Waals surface area contributed by atoms with Crippen molar-refractivity contribution in [3.63, 3.8) is 0 Å². The number of rotatable bonds is 5. The molecule has 0 aliphatic carbocycles. The first-order valence-electron chi connectivity index (χ1n) is 8.93. The van der Waals surface area contributed by atoms with E-state index in [-0.39, 0.29) is 29.7 Å². The molecular formula is C19H17F3N2O5S. The van der Waals surface area contributed by atoms with Crippen LogP contribution in [-0.4, -0.2) is 54.2 Å². The predicted octanol–water partition coefficient (Wildman–Crippen LogP) is 3.35. The molecule has 30 heavy (non-hydrogen) atoms. The topological polar surface area (TPSA) is 79.8 Å². The van der Waals surface area contributed by atoms with Crippen molar-refractivity contribution in [2.75, 3.05) is 20.8 Å². The Kier molecular flexibility index (Phi) is 5.60. The van der Waals surface area contributed by atoms with E-state index in [0.717, 1.165) is 17.8 Å². The lowest BCUT2D eigenvalue weighted by atomic mass is 10.1. The van der Waals surface area contributed by atoms with Crippen LogP contribution in [0, 0.1) is 0 Å². The average molecular weight is 442 g/mol. The molecule has 2 saturated heterocycles. The number of hydrogen-bond donors (Lipinski definition) is 0. The number of methoxy groups -OCH3 is 2. The van der Waals surface area contributed by atoms with Crippen LogP contribution in [0.3, 0.4) is 0 Å². The zero-order valence-electron chi connectivity index (χ0n) is 15.9.